The van der Waals surface area contributed by atoms with Gasteiger partial charge in [0.05, 0.1) is 4.90 Å². The van der Waals surface area contributed by atoms with E-state index in [0.717, 1.165) is 5.69 Å². The van der Waals surface area contributed by atoms with Gasteiger partial charge in [-0.3, -0.25) is 0 Å². The summed E-state index contributed by atoms with van der Waals surface area (Å²) in [5.74, 6) is 0. The molecule has 0 saturated carbocycles. The van der Waals surface area contributed by atoms with Gasteiger partial charge >= 0.3 is 0 Å². The topological polar surface area (TPSA) is 70.2 Å². The quantitative estimate of drug-likeness (QED) is 0.724. The third-order valence-corrected chi connectivity index (χ3v) is 4.83. The van der Waals surface area contributed by atoms with Crippen molar-refractivity contribution in [3.8, 4) is 0 Å². The smallest absolute Gasteiger partial charge is 0.240 e. The highest BCUT2D eigenvalue weighted by atomic mass is 32.2. The molecule has 0 saturated heterocycles. The third-order valence-electron chi connectivity index (χ3n) is 3.07. The molecular formula is C16H19N3O2S2. The first-order valence-corrected chi connectivity index (χ1v) is 9.04. The predicted molar refractivity (Wildman–Crippen MR) is 98.3 cm³/mol. The van der Waals surface area contributed by atoms with Crippen molar-refractivity contribution in [1.29, 1.82) is 0 Å². The van der Waals surface area contributed by atoms with Crippen LogP contribution in [-0.4, -0.2) is 20.1 Å². The van der Waals surface area contributed by atoms with Crippen LogP contribution in [0.5, 0.6) is 0 Å². The molecule has 0 heterocycles. The van der Waals surface area contributed by atoms with Crippen molar-refractivity contribution in [2.75, 3.05) is 17.2 Å². The Labute approximate surface area is 142 Å². The van der Waals surface area contributed by atoms with Crippen LogP contribution >= 0.6 is 12.2 Å². The van der Waals surface area contributed by atoms with Gasteiger partial charge in [0, 0.05) is 17.9 Å². The zero-order valence-corrected chi connectivity index (χ0v) is 14.6. The molecule has 2 rings (SSSR count). The van der Waals surface area contributed by atoms with E-state index in [4.69, 9.17) is 12.2 Å². The highest BCUT2D eigenvalue weighted by Crippen LogP contribution is 2.15. The van der Waals surface area contributed by atoms with Crippen molar-refractivity contribution in [1.82, 2.24) is 4.72 Å². The third kappa shape index (κ3) is 5.02. The largest absolute Gasteiger partial charge is 0.332 e. The van der Waals surface area contributed by atoms with E-state index in [2.05, 4.69) is 15.4 Å². The Morgan fingerprint density at radius 3 is 1.91 bits per heavy atom. The summed E-state index contributed by atoms with van der Waals surface area (Å²) in [5.41, 5.74) is 2.77. The van der Waals surface area contributed by atoms with E-state index in [1.54, 1.807) is 19.1 Å². The lowest BCUT2D eigenvalue weighted by Crippen LogP contribution is -2.23. The number of sulfonamides is 1. The maximum atomic E-state index is 11.9. The molecular weight excluding hydrogens is 330 g/mol. The Balaban J connectivity index is 2.00. The number of nitrogens with one attached hydrogen (secondary N) is 3. The molecule has 0 aliphatic carbocycles. The van der Waals surface area contributed by atoms with E-state index in [1.165, 1.54) is 17.7 Å². The summed E-state index contributed by atoms with van der Waals surface area (Å²) >= 11 is 5.25. The Morgan fingerprint density at radius 2 is 1.43 bits per heavy atom. The molecule has 0 amide bonds. The zero-order chi connectivity index (χ0) is 16.9. The predicted octanol–water partition coefficient (Wildman–Crippen LogP) is 3.10. The average molecular weight is 349 g/mol. The molecule has 0 aliphatic heterocycles. The van der Waals surface area contributed by atoms with Gasteiger partial charge < -0.3 is 10.6 Å². The molecule has 0 radical (unpaired) electrons. The van der Waals surface area contributed by atoms with Crippen LogP contribution in [0.25, 0.3) is 0 Å². The number of aryl methyl sites for hydroxylation is 1. The maximum absolute atomic E-state index is 11.9. The molecule has 0 unspecified atom stereocenters. The first-order chi connectivity index (χ1) is 10.9. The fourth-order valence-electron chi connectivity index (χ4n) is 1.92. The van der Waals surface area contributed by atoms with Gasteiger partial charge in [-0.15, -0.1) is 0 Å². The average Bonchev–Trinajstić information content (AvgIpc) is 2.50. The molecule has 0 bridgehead atoms. The number of hydrogen-bond donors (Lipinski definition) is 3. The van der Waals surface area contributed by atoms with Crippen molar-refractivity contribution in [2.45, 2.75) is 18.7 Å². The van der Waals surface area contributed by atoms with Gasteiger partial charge in [-0.1, -0.05) is 24.6 Å². The molecule has 23 heavy (non-hydrogen) atoms. The lowest BCUT2D eigenvalue weighted by Gasteiger charge is -2.11. The highest BCUT2D eigenvalue weighted by Gasteiger charge is 2.11. The molecule has 3 N–H and O–H groups in total. The standard InChI is InChI=1S/C16H19N3O2S2/c1-3-17-23(20,21)15-10-8-14(9-11-15)19-16(22)18-13-6-4-12(2)5-7-13/h4-11,17H,3H2,1-2H3,(H2,18,19,22). The summed E-state index contributed by atoms with van der Waals surface area (Å²) in [6.07, 6.45) is 0. The Bertz CT molecular complexity index is 770. The van der Waals surface area contributed by atoms with Gasteiger partial charge in [0.25, 0.3) is 0 Å². The molecule has 7 heteroatoms. The van der Waals surface area contributed by atoms with Crippen molar-refractivity contribution < 1.29 is 8.42 Å². The highest BCUT2D eigenvalue weighted by molar-refractivity contribution is 7.89. The molecule has 2 aromatic rings. The van der Waals surface area contributed by atoms with Crippen LogP contribution in [-0.2, 0) is 10.0 Å². The second-order valence-corrected chi connectivity index (χ2v) is 7.15. The van der Waals surface area contributed by atoms with Gasteiger partial charge in [0.1, 0.15) is 0 Å². The molecule has 0 fully saturated rings. The number of thiocarbonyl (C=S) groups is 1. The minimum atomic E-state index is -3.43. The van der Waals surface area contributed by atoms with Crippen molar-refractivity contribution in [2.24, 2.45) is 0 Å². The van der Waals surface area contributed by atoms with Crippen LogP contribution < -0.4 is 15.4 Å². The molecule has 122 valence electrons. The number of anilines is 2. The molecule has 5 nitrogen and oxygen atoms in total. The second-order valence-electron chi connectivity index (χ2n) is 4.97. The number of rotatable bonds is 5. The SMILES string of the molecule is CCNS(=O)(=O)c1ccc(NC(=S)Nc2ccc(C)cc2)cc1. The van der Waals surface area contributed by atoms with Crippen molar-refractivity contribution >= 4 is 38.7 Å². The van der Waals surface area contributed by atoms with E-state index in [9.17, 15) is 8.42 Å². The van der Waals surface area contributed by atoms with Crippen LogP contribution in [0.1, 0.15) is 12.5 Å². The number of hydrogen-bond acceptors (Lipinski definition) is 3. The first-order valence-electron chi connectivity index (χ1n) is 7.15. The molecule has 0 aliphatic rings. The van der Waals surface area contributed by atoms with Crippen molar-refractivity contribution in [3.63, 3.8) is 0 Å². The Morgan fingerprint density at radius 1 is 0.957 bits per heavy atom. The van der Waals surface area contributed by atoms with E-state index < -0.39 is 10.0 Å². The maximum Gasteiger partial charge on any atom is 0.240 e. The zero-order valence-electron chi connectivity index (χ0n) is 13.0. The minimum Gasteiger partial charge on any atom is -0.332 e. The second kappa shape index (κ2) is 7.54. The van der Waals surface area contributed by atoms with Gasteiger partial charge in [-0.25, -0.2) is 13.1 Å². The Hall–Kier alpha value is -1.96. The summed E-state index contributed by atoms with van der Waals surface area (Å²) < 4.78 is 26.2. The van der Waals surface area contributed by atoms with E-state index in [0.29, 0.717) is 17.3 Å². The van der Waals surface area contributed by atoms with Crippen LogP contribution in [0.3, 0.4) is 0 Å². The van der Waals surface area contributed by atoms with Crippen molar-refractivity contribution in [3.05, 3.63) is 54.1 Å². The van der Waals surface area contributed by atoms with Crippen LogP contribution in [0.15, 0.2) is 53.4 Å². The normalized spacial score (nSPS) is 11.0. The fourth-order valence-corrected chi connectivity index (χ4v) is 3.20. The number of benzene rings is 2. The van der Waals surface area contributed by atoms with Gasteiger partial charge in [-0.05, 0) is 55.5 Å². The van der Waals surface area contributed by atoms with E-state index in [-0.39, 0.29) is 4.90 Å². The summed E-state index contributed by atoms with van der Waals surface area (Å²) in [5, 5.41) is 6.53. The summed E-state index contributed by atoms with van der Waals surface area (Å²) in [7, 11) is -3.43. The molecule has 2 aromatic carbocycles. The monoisotopic (exact) mass is 349 g/mol. The van der Waals surface area contributed by atoms with Gasteiger partial charge in [0.2, 0.25) is 10.0 Å². The molecule has 0 spiro atoms. The lowest BCUT2D eigenvalue weighted by atomic mass is 10.2. The summed E-state index contributed by atoms with van der Waals surface area (Å²) in [6, 6.07) is 14.3. The van der Waals surface area contributed by atoms with E-state index >= 15 is 0 Å². The lowest BCUT2D eigenvalue weighted by molar-refractivity contribution is 0.584. The Kier molecular flexibility index (Phi) is 5.70. The van der Waals surface area contributed by atoms with E-state index in [1.807, 2.05) is 31.2 Å². The summed E-state index contributed by atoms with van der Waals surface area (Å²) in [6.45, 7) is 4.11. The minimum absolute atomic E-state index is 0.224. The first kappa shape index (κ1) is 17.4. The van der Waals surface area contributed by atoms with Crippen LogP contribution in [0, 0.1) is 6.92 Å². The summed E-state index contributed by atoms with van der Waals surface area (Å²) in [4.78, 5) is 0.224. The van der Waals surface area contributed by atoms with Crippen LogP contribution in [0.4, 0.5) is 11.4 Å². The van der Waals surface area contributed by atoms with Gasteiger partial charge in [-0.2, -0.15) is 0 Å². The molecule has 0 aromatic heterocycles. The van der Waals surface area contributed by atoms with Crippen LogP contribution in [0.2, 0.25) is 0 Å². The fraction of sp³-hybridized carbons (Fsp3) is 0.188. The molecule has 0 atom stereocenters. The van der Waals surface area contributed by atoms with Gasteiger partial charge in [0.15, 0.2) is 5.11 Å².